The van der Waals surface area contributed by atoms with Crippen LogP contribution in [-0.4, -0.2) is 18.2 Å². The van der Waals surface area contributed by atoms with Crippen LogP contribution in [0.15, 0.2) is 24.3 Å². The molecule has 0 saturated heterocycles. The van der Waals surface area contributed by atoms with Crippen LogP contribution in [0.3, 0.4) is 0 Å². The van der Waals surface area contributed by atoms with Gasteiger partial charge in [-0.15, -0.1) is 0 Å². The molecule has 0 heterocycles. The number of ether oxygens (including phenoxy) is 1. The molecule has 1 N–H and O–H groups in total. The lowest BCUT2D eigenvalue weighted by molar-refractivity contribution is -0.131. The molecule has 0 spiro atoms. The van der Waals surface area contributed by atoms with Gasteiger partial charge in [0.25, 0.3) is 0 Å². The molecule has 96 valence electrons. The highest BCUT2D eigenvalue weighted by atomic mass is 19.1. The fourth-order valence-electron chi connectivity index (χ4n) is 2.17. The number of hydrogen-bond acceptors (Lipinski definition) is 2. The third kappa shape index (κ3) is 2.53. The molecule has 0 aromatic heterocycles. The first kappa shape index (κ1) is 12.6. The van der Waals surface area contributed by atoms with Crippen LogP contribution in [0.5, 0.6) is 5.75 Å². The molecule has 3 nitrogen and oxygen atoms in total. The average Bonchev–Trinajstić information content (AvgIpc) is 2.25. The van der Waals surface area contributed by atoms with Crippen LogP contribution < -0.4 is 4.74 Å². The number of hydrogen-bond donors (Lipinski definition) is 1. The average molecular weight is 250 g/mol. The highest BCUT2D eigenvalue weighted by molar-refractivity contribution is 5.91. The van der Waals surface area contributed by atoms with E-state index in [1.54, 1.807) is 0 Å². The van der Waals surface area contributed by atoms with Gasteiger partial charge in [0.15, 0.2) is 0 Å². The zero-order valence-electron chi connectivity index (χ0n) is 10.1. The molecule has 0 aliphatic heterocycles. The van der Waals surface area contributed by atoms with Crippen molar-refractivity contribution in [3.8, 4) is 5.75 Å². The molecule has 0 radical (unpaired) electrons. The van der Waals surface area contributed by atoms with E-state index in [0.717, 1.165) is 19.3 Å². The molecule has 1 fully saturated rings. The van der Waals surface area contributed by atoms with Crippen LogP contribution in [0.25, 0.3) is 5.57 Å². The first-order valence-electron chi connectivity index (χ1n) is 5.90. The lowest BCUT2D eigenvalue weighted by Crippen LogP contribution is -2.15. The molecule has 0 bridgehead atoms. The van der Waals surface area contributed by atoms with Gasteiger partial charge in [-0.1, -0.05) is 6.42 Å². The maximum absolute atomic E-state index is 13.3. The Labute approximate surface area is 105 Å². The molecule has 1 saturated carbocycles. The molecular formula is C14H15FO3. The normalized spacial score (nSPS) is 16.2. The van der Waals surface area contributed by atoms with Gasteiger partial charge in [0.1, 0.15) is 11.6 Å². The van der Waals surface area contributed by atoms with Gasteiger partial charge in [-0.2, -0.15) is 0 Å². The minimum absolute atomic E-state index is 0.191. The Hall–Kier alpha value is -1.84. The minimum atomic E-state index is -1.01. The Bertz CT molecular complexity index is 490. The van der Waals surface area contributed by atoms with E-state index in [9.17, 15) is 9.18 Å². The standard InChI is InChI=1S/C14H15FO3/c1-18-13-6-5-10(15)7-12(13)11(8-14(16)17)9-3-2-4-9/h5-9H,2-4H2,1H3,(H,16,17)/b11-8+. The largest absolute Gasteiger partial charge is 0.496 e. The van der Waals surface area contributed by atoms with E-state index in [1.807, 2.05) is 0 Å². The Balaban J connectivity index is 2.47. The van der Waals surface area contributed by atoms with Crippen LogP contribution in [0.1, 0.15) is 24.8 Å². The second-order valence-corrected chi connectivity index (χ2v) is 4.41. The predicted octanol–water partition coefficient (Wildman–Crippen LogP) is 3.10. The smallest absolute Gasteiger partial charge is 0.328 e. The van der Waals surface area contributed by atoms with Crippen molar-refractivity contribution in [2.45, 2.75) is 19.3 Å². The second-order valence-electron chi connectivity index (χ2n) is 4.41. The summed E-state index contributed by atoms with van der Waals surface area (Å²) in [5.41, 5.74) is 1.20. The van der Waals surface area contributed by atoms with Gasteiger partial charge in [0.05, 0.1) is 7.11 Å². The molecule has 1 aromatic carbocycles. The Morgan fingerprint density at radius 3 is 2.72 bits per heavy atom. The molecule has 0 atom stereocenters. The summed E-state index contributed by atoms with van der Waals surface area (Å²) in [7, 11) is 1.50. The first-order chi connectivity index (χ1) is 8.61. The summed E-state index contributed by atoms with van der Waals surface area (Å²) in [5.74, 6) is -0.697. The Kier molecular flexibility index (Phi) is 3.65. The summed E-state index contributed by atoms with van der Waals surface area (Å²) in [6.45, 7) is 0. The summed E-state index contributed by atoms with van der Waals surface area (Å²) >= 11 is 0. The number of allylic oxidation sites excluding steroid dienone is 1. The van der Waals surface area contributed by atoms with Crippen LogP contribution in [-0.2, 0) is 4.79 Å². The van der Waals surface area contributed by atoms with Gasteiger partial charge in [0, 0.05) is 11.6 Å². The highest BCUT2D eigenvalue weighted by Gasteiger charge is 2.26. The van der Waals surface area contributed by atoms with Gasteiger partial charge in [-0.25, -0.2) is 9.18 Å². The number of carboxylic acid groups (broad SMARTS) is 1. The van der Waals surface area contributed by atoms with Gasteiger partial charge in [-0.3, -0.25) is 0 Å². The number of rotatable bonds is 4. The first-order valence-corrected chi connectivity index (χ1v) is 5.90. The fourth-order valence-corrected chi connectivity index (χ4v) is 2.17. The van der Waals surface area contributed by atoms with E-state index in [1.165, 1.54) is 31.4 Å². The Morgan fingerprint density at radius 2 is 2.22 bits per heavy atom. The van der Waals surface area contributed by atoms with E-state index in [4.69, 9.17) is 9.84 Å². The van der Waals surface area contributed by atoms with Crippen molar-refractivity contribution >= 4 is 11.5 Å². The molecule has 2 rings (SSSR count). The monoisotopic (exact) mass is 250 g/mol. The molecule has 0 amide bonds. The predicted molar refractivity (Wildman–Crippen MR) is 65.9 cm³/mol. The third-order valence-electron chi connectivity index (χ3n) is 3.30. The molecule has 4 heteroatoms. The summed E-state index contributed by atoms with van der Waals surface area (Å²) in [6.07, 6.45) is 4.14. The Morgan fingerprint density at radius 1 is 1.50 bits per heavy atom. The lowest BCUT2D eigenvalue weighted by Gasteiger charge is -2.29. The van der Waals surface area contributed by atoms with Crippen LogP contribution >= 0.6 is 0 Å². The van der Waals surface area contributed by atoms with Gasteiger partial charge in [-0.05, 0) is 42.5 Å². The second kappa shape index (κ2) is 5.21. The molecule has 0 unspecified atom stereocenters. The van der Waals surface area contributed by atoms with Gasteiger partial charge in [0.2, 0.25) is 0 Å². The van der Waals surface area contributed by atoms with E-state index >= 15 is 0 Å². The van der Waals surface area contributed by atoms with Crippen molar-refractivity contribution in [3.63, 3.8) is 0 Å². The highest BCUT2D eigenvalue weighted by Crippen LogP contribution is 2.41. The third-order valence-corrected chi connectivity index (χ3v) is 3.30. The molecule has 1 aliphatic carbocycles. The molecule has 1 aromatic rings. The van der Waals surface area contributed by atoms with E-state index in [-0.39, 0.29) is 11.7 Å². The molecule has 1 aliphatic rings. The zero-order chi connectivity index (χ0) is 13.1. The number of methoxy groups -OCH3 is 1. The maximum atomic E-state index is 13.3. The van der Waals surface area contributed by atoms with Crippen molar-refractivity contribution in [1.82, 2.24) is 0 Å². The number of benzene rings is 1. The summed E-state index contributed by atoms with van der Waals surface area (Å²) in [4.78, 5) is 10.9. The SMILES string of the molecule is COc1ccc(F)cc1/C(=C/C(=O)O)C1CCC1. The minimum Gasteiger partial charge on any atom is -0.496 e. The van der Waals surface area contributed by atoms with Gasteiger partial charge < -0.3 is 9.84 Å². The number of carbonyl (C=O) groups is 1. The summed E-state index contributed by atoms with van der Waals surface area (Å²) < 4.78 is 18.5. The molecule has 18 heavy (non-hydrogen) atoms. The number of aliphatic carboxylic acids is 1. The topological polar surface area (TPSA) is 46.5 Å². The van der Waals surface area contributed by atoms with Crippen molar-refractivity contribution in [2.24, 2.45) is 5.92 Å². The zero-order valence-corrected chi connectivity index (χ0v) is 10.1. The molecular weight excluding hydrogens is 235 g/mol. The van der Waals surface area contributed by atoms with Crippen molar-refractivity contribution in [3.05, 3.63) is 35.7 Å². The number of carboxylic acids is 1. The fraction of sp³-hybridized carbons (Fsp3) is 0.357. The maximum Gasteiger partial charge on any atom is 0.328 e. The van der Waals surface area contributed by atoms with E-state index in [0.29, 0.717) is 16.9 Å². The van der Waals surface area contributed by atoms with Gasteiger partial charge >= 0.3 is 5.97 Å². The van der Waals surface area contributed by atoms with Crippen LogP contribution in [0.2, 0.25) is 0 Å². The van der Waals surface area contributed by atoms with Crippen molar-refractivity contribution in [2.75, 3.05) is 7.11 Å². The van der Waals surface area contributed by atoms with E-state index in [2.05, 4.69) is 0 Å². The quantitative estimate of drug-likeness (QED) is 0.835. The van der Waals surface area contributed by atoms with Crippen LogP contribution in [0, 0.1) is 11.7 Å². The van der Waals surface area contributed by atoms with Crippen LogP contribution in [0.4, 0.5) is 4.39 Å². The summed E-state index contributed by atoms with van der Waals surface area (Å²) in [6, 6.07) is 4.17. The number of halogens is 1. The summed E-state index contributed by atoms with van der Waals surface area (Å²) in [5, 5.41) is 8.94. The lowest BCUT2D eigenvalue weighted by atomic mass is 9.76. The van der Waals surface area contributed by atoms with Crippen molar-refractivity contribution in [1.29, 1.82) is 0 Å². The van der Waals surface area contributed by atoms with Crippen molar-refractivity contribution < 1.29 is 19.0 Å². The van der Waals surface area contributed by atoms with E-state index < -0.39 is 5.97 Å².